The summed E-state index contributed by atoms with van der Waals surface area (Å²) >= 11 is 0. The van der Waals surface area contributed by atoms with Crippen LogP contribution in [0.5, 0.6) is 0 Å². The quantitative estimate of drug-likeness (QED) is 0.501. The first-order chi connectivity index (χ1) is 18.4. The van der Waals surface area contributed by atoms with Gasteiger partial charge >= 0.3 is 0 Å². The van der Waals surface area contributed by atoms with E-state index in [1.54, 1.807) is 42.2 Å². The second kappa shape index (κ2) is 11.3. The number of carbonyl (C=O) groups excluding carboxylic acids is 2. The van der Waals surface area contributed by atoms with Crippen molar-refractivity contribution in [1.29, 1.82) is 0 Å². The number of aliphatic hydroxyl groups is 1. The number of H-pyrrole nitrogens is 1. The zero-order valence-electron chi connectivity index (χ0n) is 23.1. The maximum absolute atomic E-state index is 14.2. The topological polar surface area (TPSA) is 115 Å². The van der Waals surface area contributed by atoms with Crippen LogP contribution < -0.4 is 10.9 Å². The second-order valence-electron chi connectivity index (χ2n) is 11.4. The number of rotatable bonds is 7. The SMILES string of the molecule is Cc1cc(Cc2ccc(C(=O)NCC(=O)N3[C@H](C4(C)C=C(F)C=CC4)C[C@@H](O)[C@@H]3C(C)C)cc2C)c(=O)[nH]n1. The number of allylic oxidation sites excluding steroid dienone is 3. The van der Waals surface area contributed by atoms with E-state index >= 15 is 0 Å². The minimum Gasteiger partial charge on any atom is -0.391 e. The lowest BCUT2D eigenvalue weighted by Gasteiger charge is -2.42. The normalized spacial score (nSPS) is 24.7. The molecule has 4 atom stereocenters. The van der Waals surface area contributed by atoms with Crippen molar-refractivity contribution in [2.45, 2.75) is 72.1 Å². The van der Waals surface area contributed by atoms with Crippen molar-refractivity contribution in [3.63, 3.8) is 0 Å². The van der Waals surface area contributed by atoms with E-state index in [2.05, 4.69) is 15.5 Å². The smallest absolute Gasteiger partial charge is 0.267 e. The van der Waals surface area contributed by atoms with Crippen LogP contribution in [0.3, 0.4) is 0 Å². The Balaban J connectivity index is 1.47. The summed E-state index contributed by atoms with van der Waals surface area (Å²) in [6.45, 7) is 9.22. The zero-order valence-corrected chi connectivity index (χ0v) is 23.1. The third-order valence-electron chi connectivity index (χ3n) is 7.95. The molecule has 0 bridgehead atoms. The summed E-state index contributed by atoms with van der Waals surface area (Å²) < 4.78 is 14.2. The predicted octanol–water partition coefficient (Wildman–Crippen LogP) is 3.51. The van der Waals surface area contributed by atoms with Crippen LogP contribution in [0.15, 0.2) is 53.1 Å². The highest BCUT2D eigenvalue weighted by atomic mass is 19.1. The zero-order chi connectivity index (χ0) is 28.5. The molecule has 3 N–H and O–H groups in total. The van der Waals surface area contributed by atoms with Gasteiger partial charge in [0, 0.05) is 29.0 Å². The minimum absolute atomic E-state index is 0.0205. The summed E-state index contributed by atoms with van der Waals surface area (Å²) in [6, 6.07) is 6.13. The van der Waals surface area contributed by atoms with Gasteiger partial charge in [0.25, 0.3) is 11.5 Å². The Kier molecular flexibility index (Phi) is 8.20. The van der Waals surface area contributed by atoms with Crippen LogP contribution in [0.1, 0.15) is 66.4 Å². The number of aromatic amines is 1. The van der Waals surface area contributed by atoms with E-state index in [4.69, 9.17) is 0 Å². The fourth-order valence-electron chi connectivity index (χ4n) is 5.93. The van der Waals surface area contributed by atoms with Crippen molar-refractivity contribution in [2.75, 3.05) is 6.54 Å². The molecular weight excluding hydrogens is 499 g/mol. The molecule has 2 heterocycles. The van der Waals surface area contributed by atoms with Crippen molar-refractivity contribution in [2.24, 2.45) is 11.3 Å². The molecule has 4 rings (SSSR count). The van der Waals surface area contributed by atoms with E-state index in [1.165, 1.54) is 12.2 Å². The Hall–Kier alpha value is -3.59. The molecule has 208 valence electrons. The van der Waals surface area contributed by atoms with Gasteiger partial charge in [0.1, 0.15) is 5.83 Å². The van der Waals surface area contributed by atoms with E-state index in [0.29, 0.717) is 36.1 Å². The molecule has 1 aliphatic heterocycles. The maximum atomic E-state index is 14.2. The predicted molar refractivity (Wildman–Crippen MR) is 147 cm³/mol. The van der Waals surface area contributed by atoms with E-state index in [-0.39, 0.29) is 29.8 Å². The Morgan fingerprint density at radius 1 is 1.26 bits per heavy atom. The first kappa shape index (κ1) is 28.4. The summed E-state index contributed by atoms with van der Waals surface area (Å²) in [7, 11) is 0. The molecule has 1 unspecified atom stereocenters. The molecule has 8 nitrogen and oxygen atoms in total. The number of halogens is 1. The lowest BCUT2D eigenvalue weighted by atomic mass is 9.75. The van der Waals surface area contributed by atoms with Gasteiger partial charge in [-0.05, 0) is 74.1 Å². The summed E-state index contributed by atoms with van der Waals surface area (Å²) in [5.74, 6) is -1.08. The fourth-order valence-corrected chi connectivity index (χ4v) is 5.93. The number of hydrogen-bond acceptors (Lipinski definition) is 5. The largest absolute Gasteiger partial charge is 0.391 e. The van der Waals surface area contributed by atoms with Crippen molar-refractivity contribution >= 4 is 11.8 Å². The number of nitrogens with one attached hydrogen (secondary N) is 2. The van der Waals surface area contributed by atoms with Crippen LogP contribution in [0, 0.1) is 25.2 Å². The number of aliphatic hydroxyl groups excluding tert-OH is 1. The molecule has 0 spiro atoms. The van der Waals surface area contributed by atoms with Gasteiger partial charge in [0.05, 0.1) is 24.4 Å². The van der Waals surface area contributed by atoms with Crippen LogP contribution in [-0.2, 0) is 11.2 Å². The van der Waals surface area contributed by atoms with Crippen molar-refractivity contribution < 1.29 is 19.1 Å². The molecular formula is C30H37FN4O4. The summed E-state index contributed by atoms with van der Waals surface area (Å²) in [6.07, 6.45) is 5.28. The fraction of sp³-hybridized carbons (Fsp3) is 0.467. The van der Waals surface area contributed by atoms with Crippen molar-refractivity contribution in [1.82, 2.24) is 20.4 Å². The second-order valence-corrected chi connectivity index (χ2v) is 11.4. The van der Waals surface area contributed by atoms with Crippen LogP contribution >= 0.6 is 0 Å². The average molecular weight is 537 g/mol. The number of nitrogens with zero attached hydrogens (tertiary/aromatic N) is 2. The first-order valence-electron chi connectivity index (χ1n) is 13.4. The third kappa shape index (κ3) is 6.03. The number of carbonyl (C=O) groups is 2. The molecule has 1 saturated heterocycles. The average Bonchev–Trinajstić information content (AvgIpc) is 3.24. The van der Waals surface area contributed by atoms with Gasteiger partial charge in [-0.25, -0.2) is 9.49 Å². The van der Waals surface area contributed by atoms with Gasteiger partial charge in [0.2, 0.25) is 5.91 Å². The maximum Gasteiger partial charge on any atom is 0.267 e. The van der Waals surface area contributed by atoms with Gasteiger partial charge in [-0.2, -0.15) is 5.10 Å². The van der Waals surface area contributed by atoms with E-state index in [0.717, 1.165) is 11.1 Å². The summed E-state index contributed by atoms with van der Waals surface area (Å²) in [4.78, 5) is 40.3. The molecule has 1 aromatic carbocycles. The first-order valence-corrected chi connectivity index (χ1v) is 13.4. The highest BCUT2D eigenvalue weighted by Gasteiger charge is 2.51. The molecule has 0 radical (unpaired) electrons. The van der Waals surface area contributed by atoms with Gasteiger partial charge in [-0.3, -0.25) is 14.4 Å². The van der Waals surface area contributed by atoms with E-state index in [1.807, 2.05) is 27.7 Å². The van der Waals surface area contributed by atoms with Crippen LogP contribution in [0.25, 0.3) is 0 Å². The number of hydrogen-bond donors (Lipinski definition) is 3. The number of aromatic nitrogens is 2. The summed E-state index contributed by atoms with van der Waals surface area (Å²) in [5, 5.41) is 20.0. The molecule has 2 aromatic rings. The van der Waals surface area contributed by atoms with Gasteiger partial charge in [-0.15, -0.1) is 0 Å². The van der Waals surface area contributed by atoms with Gasteiger partial charge in [0.15, 0.2) is 0 Å². The van der Waals surface area contributed by atoms with Crippen LogP contribution in [0.4, 0.5) is 4.39 Å². The van der Waals surface area contributed by atoms with Crippen molar-refractivity contribution in [3.8, 4) is 0 Å². The highest BCUT2D eigenvalue weighted by molar-refractivity contribution is 5.96. The van der Waals surface area contributed by atoms with Gasteiger partial charge < -0.3 is 15.3 Å². The number of benzene rings is 1. The molecule has 1 fully saturated rings. The third-order valence-corrected chi connectivity index (χ3v) is 7.95. The van der Waals surface area contributed by atoms with Crippen molar-refractivity contribution in [3.05, 3.63) is 86.6 Å². The molecule has 2 amide bonds. The standard InChI is InChI=1S/C30H37FN4O4/c1-17(2)27-24(36)14-25(30(5)10-6-7-23(31)15-30)35(27)26(37)16-32-28(38)21-9-8-20(18(3)11-21)13-22-12-19(4)33-34-29(22)39/h6-9,11-12,15,17,24-25,27,36H,10,13-14,16H2,1-5H3,(H,32,38)(H,34,39)/t24-,25+,27+,30?/m1/s1. The van der Waals surface area contributed by atoms with Crippen LogP contribution in [0.2, 0.25) is 0 Å². The lowest BCUT2D eigenvalue weighted by molar-refractivity contribution is -0.136. The number of amides is 2. The highest BCUT2D eigenvalue weighted by Crippen LogP contribution is 2.44. The Labute approximate surface area is 228 Å². The molecule has 2 aliphatic rings. The molecule has 1 aliphatic carbocycles. The van der Waals surface area contributed by atoms with Crippen LogP contribution in [-0.4, -0.2) is 56.8 Å². The number of likely N-dealkylation sites (tertiary alicyclic amines) is 1. The Morgan fingerprint density at radius 3 is 2.67 bits per heavy atom. The molecule has 1 aromatic heterocycles. The lowest BCUT2D eigenvalue weighted by Crippen LogP contribution is -2.53. The Morgan fingerprint density at radius 2 is 2.00 bits per heavy atom. The van der Waals surface area contributed by atoms with Gasteiger partial charge in [-0.1, -0.05) is 32.9 Å². The minimum atomic E-state index is -0.736. The number of aryl methyl sites for hydroxylation is 2. The van der Waals surface area contributed by atoms with E-state index in [9.17, 15) is 23.9 Å². The monoisotopic (exact) mass is 536 g/mol. The molecule has 0 saturated carbocycles. The molecule has 39 heavy (non-hydrogen) atoms. The summed E-state index contributed by atoms with van der Waals surface area (Å²) in [5.41, 5.74) is 2.54. The Bertz CT molecular complexity index is 1380. The molecule has 9 heteroatoms. The van der Waals surface area contributed by atoms with E-state index < -0.39 is 29.5 Å².